The first-order valence-electron chi connectivity index (χ1n) is 9.20. The van der Waals surface area contributed by atoms with E-state index in [0.717, 1.165) is 56.2 Å². The van der Waals surface area contributed by atoms with Gasteiger partial charge in [0.15, 0.2) is 0 Å². The molecule has 26 heavy (non-hydrogen) atoms. The molecule has 3 heterocycles. The van der Waals surface area contributed by atoms with E-state index in [-0.39, 0.29) is 5.41 Å². The number of aryl methyl sites for hydroxylation is 1. The third-order valence-electron chi connectivity index (χ3n) is 5.83. The Morgan fingerprint density at radius 2 is 2.08 bits per heavy atom. The molecule has 2 aliphatic rings. The number of hydrogen-bond acceptors (Lipinski definition) is 4. The average Bonchev–Trinajstić information content (AvgIpc) is 3.33. The second-order valence-corrected chi connectivity index (χ2v) is 7.52. The van der Waals surface area contributed by atoms with E-state index >= 15 is 0 Å². The minimum atomic E-state index is -0.204. The van der Waals surface area contributed by atoms with Crippen LogP contribution in [-0.4, -0.2) is 52.0 Å². The van der Waals surface area contributed by atoms with Crippen molar-refractivity contribution in [1.82, 2.24) is 19.4 Å². The molecule has 0 saturated carbocycles. The number of nitrogens with zero attached hydrogens (tertiary/aromatic N) is 4. The zero-order valence-electron chi connectivity index (χ0n) is 15.5. The molecule has 6 heteroatoms. The van der Waals surface area contributed by atoms with Gasteiger partial charge in [0.2, 0.25) is 5.91 Å². The van der Waals surface area contributed by atoms with E-state index in [0.29, 0.717) is 12.5 Å². The number of rotatable bonds is 5. The van der Waals surface area contributed by atoms with E-state index in [9.17, 15) is 4.79 Å². The van der Waals surface area contributed by atoms with Gasteiger partial charge in [-0.25, -0.2) is 4.98 Å². The van der Waals surface area contributed by atoms with Crippen molar-refractivity contribution in [2.24, 2.45) is 12.5 Å². The minimum Gasteiger partial charge on any atom is -0.497 e. The Morgan fingerprint density at radius 3 is 2.85 bits per heavy atom. The van der Waals surface area contributed by atoms with Crippen LogP contribution in [0.15, 0.2) is 36.7 Å². The molecule has 1 unspecified atom stereocenters. The lowest BCUT2D eigenvalue weighted by atomic mass is 9.85. The standard InChI is InChI=1S/C20H26N4O2/c1-22-11-8-21-18(22)14-23-9-6-20(15-23)7-10-24(19(20)25)13-16-4-3-5-17(12-16)26-2/h3-5,8,11-12H,6-7,9-10,13-15H2,1-2H3. The maximum absolute atomic E-state index is 13.2. The largest absolute Gasteiger partial charge is 0.497 e. The first kappa shape index (κ1) is 17.1. The number of ether oxygens (including phenoxy) is 1. The van der Waals surface area contributed by atoms with Gasteiger partial charge in [-0.2, -0.15) is 0 Å². The number of carbonyl (C=O) groups is 1. The van der Waals surface area contributed by atoms with Crippen LogP contribution in [0.2, 0.25) is 0 Å². The highest BCUT2D eigenvalue weighted by Crippen LogP contribution is 2.41. The van der Waals surface area contributed by atoms with Crippen LogP contribution in [0.25, 0.3) is 0 Å². The first-order valence-corrected chi connectivity index (χ1v) is 9.20. The summed E-state index contributed by atoms with van der Waals surface area (Å²) in [6.07, 6.45) is 5.70. The molecule has 2 saturated heterocycles. The zero-order valence-corrected chi connectivity index (χ0v) is 15.5. The fourth-order valence-electron chi connectivity index (χ4n) is 4.26. The second-order valence-electron chi connectivity index (χ2n) is 7.52. The smallest absolute Gasteiger partial charge is 0.230 e. The van der Waals surface area contributed by atoms with Crippen molar-refractivity contribution in [3.8, 4) is 5.75 Å². The van der Waals surface area contributed by atoms with Gasteiger partial charge >= 0.3 is 0 Å². The minimum absolute atomic E-state index is 0.204. The van der Waals surface area contributed by atoms with Gasteiger partial charge in [-0.05, 0) is 37.1 Å². The van der Waals surface area contributed by atoms with Crippen LogP contribution in [0, 0.1) is 5.41 Å². The number of benzene rings is 1. The Balaban J connectivity index is 1.41. The predicted octanol–water partition coefficient (Wildman–Crippen LogP) is 2.05. The van der Waals surface area contributed by atoms with E-state index in [1.807, 2.05) is 42.5 Å². The Morgan fingerprint density at radius 1 is 1.23 bits per heavy atom. The van der Waals surface area contributed by atoms with Crippen LogP contribution in [0.4, 0.5) is 0 Å². The summed E-state index contributed by atoms with van der Waals surface area (Å²) in [5.41, 5.74) is 0.918. The van der Waals surface area contributed by atoms with Crippen molar-refractivity contribution in [1.29, 1.82) is 0 Å². The van der Waals surface area contributed by atoms with E-state index < -0.39 is 0 Å². The summed E-state index contributed by atoms with van der Waals surface area (Å²) in [6.45, 7) is 4.12. The second kappa shape index (κ2) is 6.76. The highest BCUT2D eigenvalue weighted by molar-refractivity contribution is 5.85. The topological polar surface area (TPSA) is 50.6 Å². The maximum Gasteiger partial charge on any atom is 0.230 e. The highest BCUT2D eigenvalue weighted by Gasteiger charge is 2.50. The molecule has 2 fully saturated rings. The van der Waals surface area contributed by atoms with Crippen LogP contribution in [0.3, 0.4) is 0 Å². The van der Waals surface area contributed by atoms with Gasteiger partial charge in [-0.15, -0.1) is 0 Å². The Bertz CT molecular complexity index is 803. The van der Waals surface area contributed by atoms with Crippen LogP contribution >= 0.6 is 0 Å². The van der Waals surface area contributed by atoms with Gasteiger partial charge < -0.3 is 14.2 Å². The van der Waals surface area contributed by atoms with E-state index in [4.69, 9.17) is 4.74 Å². The molecule has 1 aromatic carbocycles. The van der Waals surface area contributed by atoms with Crippen LogP contribution in [0.1, 0.15) is 24.2 Å². The molecule has 138 valence electrons. The van der Waals surface area contributed by atoms with Crippen molar-refractivity contribution in [3.05, 3.63) is 48.0 Å². The molecule has 1 atom stereocenters. The number of likely N-dealkylation sites (tertiary alicyclic amines) is 2. The van der Waals surface area contributed by atoms with E-state index in [1.54, 1.807) is 7.11 Å². The molecule has 1 spiro atoms. The predicted molar refractivity (Wildman–Crippen MR) is 98.6 cm³/mol. The normalized spacial score (nSPS) is 23.3. The summed E-state index contributed by atoms with van der Waals surface area (Å²) in [4.78, 5) is 21.9. The van der Waals surface area contributed by atoms with Gasteiger partial charge in [-0.3, -0.25) is 9.69 Å². The van der Waals surface area contributed by atoms with Crippen molar-refractivity contribution >= 4 is 5.91 Å². The van der Waals surface area contributed by atoms with E-state index in [2.05, 4.69) is 20.5 Å². The summed E-state index contributed by atoms with van der Waals surface area (Å²) in [7, 11) is 3.69. The molecule has 6 nitrogen and oxygen atoms in total. The van der Waals surface area contributed by atoms with Crippen LogP contribution < -0.4 is 4.74 Å². The Kier molecular flexibility index (Phi) is 4.44. The molecule has 2 aromatic rings. The number of methoxy groups -OCH3 is 1. The molecule has 0 radical (unpaired) electrons. The summed E-state index contributed by atoms with van der Waals surface area (Å²) in [6, 6.07) is 7.99. The molecule has 1 aromatic heterocycles. The van der Waals surface area contributed by atoms with Gasteiger partial charge in [0, 0.05) is 39.1 Å². The summed E-state index contributed by atoms with van der Waals surface area (Å²) in [5, 5.41) is 0. The first-order chi connectivity index (χ1) is 12.6. The fraction of sp³-hybridized carbons (Fsp3) is 0.500. The number of carbonyl (C=O) groups excluding carboxylic acids is 1. The summed E-state index contributed by atoms with van der Waals surface area (Å²) < 4.78 is 7.35. The molecular weight excluding hydrogens is 328 g/mol. The molecule has 0 N–H and O–H groups in total. The zero-order chi connectivity index (χ0) is 18.1. The lowest BCUT2D eigenvalue weighted by Crippen LogP contribution is -2.36. The summed E-state index contributed by atoms with van der Waals surface area (Å²) >= 11 is 0. The number of aromatic nitrogens is 2. The lowest BCUT2D eigenvalue weighted by molar-refractivity contribution is -0.136. The van der Waals surface area contributed by atoms with Crippen molar-refractivity contribution in [2.75, 3.05) is 26.7 Å². The Labute approximate surface area is 154 Å². The molecule has 4 rings (SSSR count). The van der Waals surface area contributed by atoms with Crippen molar-refractivity contribution in [3.63, 3.8) is 0 Å². The summed E-state index contributed by atoms with van der Waals surface area (Å²) in [5.74, 6) is 2.20. The van der Waals surface area contributed by atoms with Crippen molar-refractivity contribution < 1.29 is 9.53 Å². The molecular formula is C20H26N4O2. The molecule has 0 bridgehead atoms. The van der Waals surface area contributed by atoms with Gasteiger partial charge in [0.05, 0.1) is 19.1 Å². The van der Waals surface area contributed by atoms with Gasteiger partial charge in [0.1, 0.15) is 11.6 Å². The van der Waals surface area contributed by atoms with Crippen molar-refractivity contribution in [2.45, 2.75) is 25.9 Å². The maximum atomic E-state index is 13.2. The number of imidazole rings is 1. The fourth-order valence-corrected chi connectivity index (χ4v) is 4.26. The molecule has 0 aliphatic carbocycles. The van der Waals surface area contributed by atoms with E-state index in [1.165, 1.54) is 0 Å². The third-order valence-corrected chi connectivity index (χ3v) is 5.83. The molecule has 1 amide bonds. The quantitative estimate of drug-likeness (QED) is 0.825. The number of amides is 1. The SMILES string of the molecule is COc1cccc(CN2CCC3(CCN(Cc4nccn4C)C3)C2=O)c1. The third kappa shape index (κ3) is 3.09. The van der Waals surface area contributed by atoms with Crippen LogP contribution in [0.5, 0.6) is 5.75 Å². The lowest BCUT2D eigenvalue weighted by Gasteiger charge is -2.24. The average molecular weight is 354 g/mol. The van der Waals surface area contributed by atoms with Gasteiger partial charge in [-0.1, -0.05) is 12.1 Å². The highest BCUT2D eigenvalue weighted by atomic mass is 16.5. The van der Waals surface area contributed by atoms with Gasteiger partial charge in [0.25, 0.3) is 0 Å². The Hall–Kier alpha value is -2.34. The van der Waals surface area contributed by atoms with Crippen LogP contribution in [-0.2, 0) is 24.9 Å². The molecule has 2 aliphatic heterocycles. The number of hydrogen-bond donors (Lipinski definition) is 0. The monoisotopic (exact) mass is 354 g/mol.